The average Bonchev–Trinajstić information content (AvgIpc) is 2.50. The van der Waals surface area contributed by atoms with E-state index >= 15 is 0 Å². The molecule has 0 unspecified atom stereocenters. The van der Waals surface area contributed by atoms with Crippen LogP contribution in [0.2, 0.25) is 10.3 Å². The summed E-state index contributed by atoms with van der Waals surface area (Å²) in [6.07, 6.45) is 0.218. The summed E-state index contributed by atoms with van der Waals surface area (Å²) in [5.41, 5.74) is 0.135. The number of rotatable bonds is 4. The minimum atomic E-state index is -0.438. The summed E-state index contributed by atoms with van der Waals surface area (Å²) in [5, 5.41) is 9.73. The number of halogens is 2. The molecule has 1 fully saturated rings. The highest BCUT2D eigenvalue weighted by molar-refractivity contribution is 6.34. The molecule has 2 amide bonds. The molecule has 0 aliphatic carbocycles. The Morgan fingerprint density at radius 1 is 1.29 bits per heavy atom. The van der Waals surface area contributed by atoms with Gasteiger partial charge in [-0.05, 0) is 6.07 Å². The Bertz CT molecular complexity index is 535. The van der Waals surface area contributed by atoms with E-state index in [1.54, 1.807) is 4.90 Å². The minimum absolute atomic E-state index is 0.0180. The topological polar surface area (TPSA) is 84.4 Å². The summed E-state index contributed by atoms with van der Waals surface area (Å²) >= 11 is 11.4. The van der Waals surface area contributed by atoms with Gasteiger partial charge in [0.05, 0.1) is 18.8 Å². The molecule has 0 saturated carbocycles. The molecular formula is C12H14Cl2N4O3. The first kappa shape index (κ1) is 15.9. The van der Waals surface area contributed by atoms with Crippen molar-refractivity contribution in [3.8, 4) is 0 Å². The van der Waals surface area contributed by atoms with E-state index in [9.17, 15) is 9.59 Å². The number of carbonyl (C=O) groups excluding carboxylic acids is 2. The van der Waals surface area contributed by atoms with Crippen LogP contribution in [-0.4, -0.2) is 59.8 Å². The van der Waals surface area contributed by atoms with Crippen LogP contribution < -0.4 is 5.32 Å². The first-order chi connectivity index (χ1) is 10.1. The van der Waals surface area contributed by atoms with Gasteiger partial charge in [-0.2, -0.15) is 0 Å². The molecule has 0 spiro atoms. The lowest BCUT2D eigenvalue weighted by Crippen LogP contribution is -2.42. The third kappa shape index (κ3) is 4.52. The molecule has 9 heteroatoms. The van der Waals surface area contributed by atoms with Crippen LogP contribution >= 0.6 is 23.2 Å². The lowest BCUT2D eigenvalue weighted by Gasteiger charge is -2.26. The molecule has 1 aliphatic heterocycles. The van der Waals surface area contributed by atoms with Gasteiger partial charge in [0.1, 0.15) is 0 Å². The molecule has 1 aromatic rings. The highest BCUT2D eigenvalue weighted by Gasteiger charge is 2.17. The number of ether oxygens (including phenoxy) is 1. The molecule has 2 heterocycles. The van der Waals surface area contributed by atoms with Crippen LogP contribution in [0, 0.1) is 0 Å². The largest absolute Gasteiger partial charge is 0.378 e. The van der Waals surface area contributed by atoms with E-state index in [0.717, 1.165) is 0 Å². The maximum absolute atomic E-state index is 11.9. The fraction of sp³-hybridized carbons (Fsp3) is 0.500. The Balaban J connectivity index is 1.81. The third-order valence-corrected chi connectivity index (χ3v) is 3.42. The van der Waals surface area contributed by atoms with E-state index < -0.39 is 5.91 Å². The number of nitrogens with zero attached hydrogens (tertiary/aromatic N) is 3. The molecule has 7 nitrogen and oxygen atoms in total. The fourth-order valence-electron chi connectivity index (χ4n) is 1.86. The van der Waals surface area contributed by atoms with Crippen molar-refractivity contribution in [1.82, 2.24) is 20.4 Å². The van der Waals surface area contributed by atoms with Gasteiger partial charge in [0.2, 0.25) is 5.91 Å². The molecule has 0 aromatic carbocycles. The normalized spacial score (nSPS) is 14.9. The number of aromatic nitrogens is 2. The average molecular weight is 333 g/mol. The second-order valence-corrected chi connectivity index (χ2v) is 5.12. The summed E-state index contributed by atoms with van der Waals surface area (Å²) in [6, 6.07) is 1.33. The zero-order valence-corrected chi connectivity index (χ0v) is 12.7. The minimum Gasteiger partial charge on any atom is -0.378 e. The standard InChI is InChI=1S/C12H14Cl2N4O3/c13-9-7-8(11(14)17-16-9)12(20)15-2-1-10(19)18-3-5-21-6-4-18/h7H,1-6H2,(H,15,20). The third-order valence-electron chi connectivity index (χ3n) is 2.95. The van der Waals surface area contributed by atoms with Crippen LogP contribution in [0.1, 0.15) is 16.8 Å². The summed E-state index contributed by atoms with van der Waals surface area (Å²) < 4.78 is 5.17. The van der Waals surface area contributed by atoms with Gasteiger partial charge in [0.25, 0.3) is 5.91 Å². The molecule has 114 valence electrons. The van der Waals surface area contributed by atoms with Crippen LogP contribution in [0.3, 0.4) is 0 Å². The molecule has 21 heavy (non-hydrogen) atoms. The molecular weight excluding hydrogens is 319 g/mol. The van der Waals surface area contributed by atoms with Crippen LogP contribution in [-0.2, 0) is 9.53 Å². The molecule has 1 saturated heterocycles. The monoisotopic (exact) mass is 332 g/mol. The Morgan fingerprint density at radius 2 is 2.00 bits per heavy atom. The zero-order chi connectivity index (χ0) is 15.2. The molecule has 0 radical (unpaired) electrons. The van der Waals surface area contributed by atoms with Gasteiger partial charge in [0, 0.05) is 26.1 Å². The Kier molecular flexibility index (Phi) is 5.72. The molecule has 0 atom stereocenters. The SMILES string of the molecule is O=C(NCCC(=O)N1CCOCC1)c1cc(Cl)nnc1Cl. The van der Waals surface area contributed by atoms with E-state index in [1.165, 1.54) is 6.07 Å². The highest BCUT2D eigenvalue weighted by Crippen LogP contribution is 2.15. The molecule has 1 N–H and O–H groups in total. The number of nitrogens with one attached hydrogen (secondary N) is 1. The molecule has 0 bridgehead atoms. The van der Waals surface area contributed by atoms with Gasteiger partial charge < -0.3 is 15.0 Å². The van der Waals surface area contributed by atoms with E-state index in [-0.39, 0.29) is 34.7 Å². The van der Waals surface area contributed by atoms with Crippen LogP contribution in [0.25, 0.3) is 0 Å². The van der Waals surface area contributed by atoms with Crippen LogP contribution in [0.5, 0.6) is 0 Å². The fourth-order valence-corrected chi connectivity index (χ4v) is 2.19. The predicted octanol–water partition coefficient (Wildman–Crippen LogP) is 0.762. The Hall–Kier alpha value is -1.44. The molecule has 1 aliphatic rings. The van der Waals surface area contributed by atoms with Crippen molar-refractivity contribution in [3.63, 3.8) is 0 Å². The Labute approximate surface area is 131 Å². The first-order valence-electron chi connectivity index (χ1n) is 6.40. The van der Waals surface area contributed by atoms with Gasteiger partial charge in [0.15, 0.2) is 10.3 Å². The summed E-state index contributed by atoms with van der Waals surface area (Å²) in [7, 11) is 0. The van der Waals surface area contributed by atoms with Crippen molar-refractivity contribution in [1.29, 1.82) is 0 Å². The van der Waals surface area contributed by atoms with Gasteiger partial charge in [-0.1, -0.05) is 23.2 Å². The lowest BCUT2D eigenvalue weighted by atomic mass is 10.2. The van der Waals surface area contributed by atoms with E-state index in [4.69, 9.17) is 27.9 Å². The van der Waals surface area contributed by atoms with Gasteiger partial charge in [-0.15, -0.1) is 10.2 Å². The second kappa shape index (κ2) is 7.53. The summed E-state index contributed by atoms with van der Waals surface area (Å²) in [4.78, 5) is 25.5. The number of amides is 2. The van der Waals surface area contributed by atoms with Crippen LogP contribution in [0.4, 0.5) is 0 Å². The number of hydrogen-bond donors (Lipinski definition) is 1. The quantitative estimate of drug-likeness (QED) is 0.879. The lowest BCUT2D eigenvalue weighted by molar-refractivity contribution is -0.135. The van der Waals surface area contributed by atoms with E-state index in [0.29, 0.717) is 26.3 Å². The molecule has 1 aromatic heterocycles. The first-order valence-corrected chi connectivity index (χ1v) is 7.16. The van der Waals surface area contributed by atoms with Crippen molar-refractivity contribution in [2.45, 2.75) is 6.42 Å². The van der Waals surface area contributed by atoms with Gasteiger partial charge in [-0.25, -0.2) is 0 Å². The van der Waals surface area contributed by atoms with Crippen LogP contribution in [0.15, 0.2) is 6.07 Å². The number of hydrogen-bond acceptors (Lipinski definition) is 5. The predicted molar refractivity (Wildman–Crippen MR) is 76.4 cm³/mol. The van der Waals surface area contributed by atoms with Crippen molar-refractivity contribution < 1.29 is 14.3 Å². The number of morpholine rings is 1. The van der Waals surface area contributed by atoms with Crippen molar-refractivity contribution in [2.75, 3.05) is 32.8 Å². The Morgan fingerprint density at radius 3 is 2.71 bits per heavy atom. The van der Waals surface area contributed by atoms with E-state index in [2.05, 4.69) is 15.5 Å². The van der Waals surface area contributed by atoms with Gasteiger partial charge in [-0.3, -0.25) is 9.59 Å². The van der Waals surface area contributed by atoms with Crippen molar-refractivity contribution in [3.05, 3.63) is 21.9 Å². The van der Waals surface area contributed by atoms with E-state index in [1.807, 2.05) is 0 Å². The summed E-state index contributed by atoms with van der Waals surface area (Å²) in [6.45, 7) is 2.49. The molecule has 2 rings (SSSR count). The van der Waals surface area contributed by atoms with Crippen molar-refractivity contribution in [2.24, 2.45) is 0 Å². The number of carbonyl (C=O) groups is 2. The van der Waals surface area contributed by atoms with Gasteiger partial charge >= 0.3 is 0 Å². The zero-order valence-electron chi connectivity index (χ0n) is 11.1. The highest BCUT2D eigenvalue weighted by atomic mass is 35.5. The van der Waals surface area contributed by atoms with Crippen molar-refractivity contribution >= 4 is 35.0 Å². The maximum atomic E-state index is 11.9. The maximum Gasteiger partial charge on any atom is 0.254 e. The smallest absolute Gasteiger partial charge is 0.254 e. The second-order valence-electron chi connectivity index (χ2n) is 4.37. The summed E-state index contributed by atoms with van der Waals surface area (Å²) in [5.74, 6) is -0.456.